The van der Waals surface area contributed by atoms with E-state index >= 15 is 0 Å². The maximum Gasteiger partial charge on any atom is 0.413 e. The molecule has 0 radical (unpaired) electrons. The molecule has 12 heteroatoms. The quantitative estimate of drug-likeness (QED) is 0.192. The number of benzene rings is 2. The fourth-order valence-corrected chi connectivity index (χ4v) is 6.73. The number of anilines is 1. The molecule has 5 aromatic rings. The minimum Gasteiger partial charge on any atom is -0.383 e. The van der Waals surface area contributed by atoms with Gasteiger partial charge in [-0.1, -0.05) is 38.1 Å². The summed E-state index contributed by atoms with van der Waals surface area (Å²) in [5.41, 5.74) is 4.70. The van der Waals surface area contributed by atoms with Crippen molar-refractivity contribution in [1.29, 1.82) is 5.26 Å². The van der Waals surface area contributed by atoms with Crippen LogP contribution in [0.25, 0.3) is 21.1 Å². The second kappa shape index (κ2) is 10.3. The average Bonchev–Trinajstić information content (AvgIpc) is 3.37. The van der Waals surface area contributed by atoms with Crippen molar-refractivity contribution in [3.63, 3.8) is 0 Å². The van der Waals surface area contributed by atoms with Gasteiger partial charge in [-0.3, -0.25) is 4.98 Å². The van der Waals surface area contributed by atoms with Crippen LogP contribution in [0, 0.1) is 16.7 Å². The van der Waals surface area contributed by atoms with Gasteiger partial charge in [0.15, 0.2) is 5.54 Å². The molecule has 3 aromatic heterocycles. The van der Waals surface area contributed by atoms with Crippen LogP contribution in [0.3, 0.4) is 0 Å². The van der Waals surface area contributed by atoms with Gasteiger partial charge in [0, 0.05) is 28.5 Å². The Kier molecular flexibility index (Phi) is 7.01. The van der Waals surface area contributed by atoms with E-state index in [1.807, 2.05) is 30.3 Å². The van der Waals surface area contributed by atoms with Crippen molar-refractivity contribution in [2.45, 2.75) is 57.7 Å². The largest absolute Gasteiger partial charge is 0.413 e. The first-order valence-electron chi connectivity index (χ1n) is 13.5. The fourth-order valence-electron chi connectivity index (χ4n) is 5.26. The molecule has 1 aliphatic rings. The van der Waals surface area contributed by atoms with Crippen LogP contribution in [0.1, 0.15) is 61.9 Å². The number of nitrogens with one attached hydrogen (secondary N) is 1. The van der Waals surface area contributed by atoms with Gasteiger partial charge < -0.3 is 5.32 Å². The van der Waals surface area contributed by atoms with Gasteiger partial charge in [-0.15, -0.1) is 16.4 Å². The smallest absolute Gasteiger partial charge is 0.383 e. The summed E-state index contributed by atoms with van der Waals surface area (Å²) in [5, 5.41) is 22.4. The molecule has 0 bridgehead atoms. The molecule has 7 nitrogen and oxygen atoms in total. The number of halogens is 4. The Morgan fingerprint density at radius 1 is 1.19 bits per heavy atom. The molecule has 1 atom stereocenters. The molecule has 216 valence electrons. The molecule has 0 spiro atoms. The molecule has 42 heavy (non-hydrogen) atoms. The number of pyridine rings is 1. The van der Waals surface area contributed by atoms with Crippen molar-refractivity contribution < 1.29 is 13.2 Å². The maximum absolute atomic E-state index is 13.9. The van der Waals surface area contributed by atoms with E-state index in [9.17, 15) is 18.4 Å². The van der Waals surface area contributed by atoms with Crippen molar-refractivity contribution in [3.8, 4) is 6.07 Å². The zero-order chi connectivity index (χ0) is 29.9. The number of aromatic nitrogens is 5. The standard InChI is InChI=1S/C30H27BrF3N7S/c1-28(2,3)15-37-25-18(12-35)13-36-26-21(25)10-17(11-22(26)31)9-20(19-5-4-6-23-27(19)42-16-38-23)24-14-41(40-39-24)29(7-8-29)30(32,33)34/h4-6,10-11,13-14,16,20H,7-9,15H2,1-3H3,(H,36,37)/t20-/m0/s1. The predicted octanol–water partition coefficient (Wildman–Crippen LogP) is 7.95. The molecular formula is C30H27BrF3N7S. The summed E-state index contributed by atoms with van der Waals surface area (Å²) in [5.74, 6) is -0.394. The van der Waals surface area contributed by atoms with Gasteiger partial charge in [-0.25, -0.2) is 9.67 Å². The fraction of sp³-hybridized carbons (Fsp3) is 0.367. The van der Waals surface area contributed by atoms with Gasteiger partial charge in [-0.05, 0) is 69.9 Å². The number of nitrogens with zero attached hydrogens (tertiary/aromatic N) is 6. The van der Waals surface area contributed by atoms with Crippen molar-refractivity contribution in [3.05, 3.63) is 75.1 Å². The number of rotatable bonds is 7. The highest BCUT2D eigenvalue weighted by Crippen LogP contribution is 2.55. The summed E-state index contributed by atoms with van der Waals surface area (Å²) in [4.78, 5) is 8.99. The molecule has 0 aliphatic heterocycles. The number of thiazole rings is 1. The third-order valence-corrected chi connectivity index (χ3v) is 9.16. The van der Waals surface area contributed by atoms with Crippen LogP contribution >= 0.6 is 27.3 Å². The Labute approximate surface area is 252 Å². The number of fused-ring (bicyclic) bond motifs is 2. The minimum atomic E-state index is -4.41. The molecule has 1 fully saturated rings. The summed E-state index contributed by atoms with van der Waals surface area (Å²) < 4.78 is 44.5. The van der Waals surface area contributed by atoms with E-state index in [4.69, 9.17) is 0 Å². The Morgan fingerprint density at radius 3 is 2.67 bits per heavy atom. The number of hydrogen-bond acceptors (Lipinski definition) is 7. The van der Waals surface area contributed by atoms with Crippen LogP contribution < -0.4 is 5.32 Å². The van der Waals surface area contributed by atoms with E-state index in [2.05, 4.69) is 68.4 Å². The summed E-state index contributed by atoms with van der Waals surface area (Å²) in [6.45, 7) is 6.97. The maximum atomic E-state index is 13.9. The first-order chi connectivity index (χ1) is 19.9. The minimum absolute atomic E-state index is 0.00934. The highest BCUT2D eigenvalue weighted by atomic mass is 79.9. The Morgan fingerprint density at radius 2 is 1.98 bits per heavy atom. The van der Waals surface area contributed by atoms with E-state index in [1.165, 1.54) is 17.5 Å². The molecule has 0 amide bonds. The van der Waals surface area contributed by atoms with Crippen molar-refractivity contribution >= 4 is 54.1 Å². The van der Waals surface area contributed by atoms with Gasteiger partial charge in [0.25, 0.3) is 0 Å². The van der Waals surface area contributed by atoms with Crippen LogP contribution in [0.5, 0.6) is 0 Å². The van der Waals surface area contributed by atoms with E-state index in [1.54, 1.807) is 11.7 Å². The zero-order valence-electron chi connectivity index (χ0n) is 23.1. The second-order valence-corrected chi connectivity index (χ2v) is 13.7. The zero-order valence-corrected chi connectivity index (χ0v) is 25.5. The highest BCUT2D eigenvalue weighted by molar-refractivity contribution is 9.10. The second-order valence-electron chi connectivity index (χ2n) is 12.0. The molecule has 6 rings (SSSR count). The monoisotopic (exact) mass is 653 g/mol. The summed E-state index contributed by atoms with van der Waals surface area (Å²) in [6, 6.07) is 12.0. The lowest BCUT2D eigenvalue weighted by Gasteiger charge is -2.22. The van der Waals surface area contributed by atoms with E-state index in [0.717, 1.165) is 35.9 Å². The molecule has 0 saturated heterocycles. The molecular weight excluding hydrogens is 627 g/mol. The van der Waals surface area contributed by atoms with Gasteiger partial charge in [-0.2, -0.15) is 18.4 Å². The lowest BCUT2D eigenvalue weighted by molar-refractivity contribution is -0.182. The van der Waals surface area contributed by atoms with Crippen molar-refractivity contribution in [2.75, 3.05) is 11.9 Å². The van der Waals surface area contributed by atoms with E-state index in [0.29, 0.717) is 35.4 Å². The lowest BCUT2D eigenvalue weighted by Crippen LogP contribution is -2.35. The molecule has 1 aliphatic carbocycles. The molecule has 1 saturated carbocycles. The summed E-state index contributed by atoms with van der Waals surface area (Å²) in [7, 11) is 0. The molecule has 2 aromatic carbocycles. The van der Waals surface area contributed by atoms with Crippen LogP contribution in [0.15, 0.2) is 52.7 Å². The summed E-state index contributed by atoms with van der Waals surface area (Å²) >= 11 is 5.16. The van der Waals surface area contributed by atoms with Gasteiger partial charge in [0.2, 0.25) is 0 Å². The first-order valence-corrected chi connectivity index (χ1v) is 15.1. The third kappa shape index (κ3) is 5.13. The molecule has 3 heterocycles. The Bertz CT molecular complexity index is 1840. The van der Waals surface area contributed by atoms with Crippen molar-refractivity contribution in [2.24, 2.45) is 5.41 Å². The summed E-state index contributed by atoms with van der Waals surface area (Å²) in [6.07, 6.45) is -0.977. The average molecular weight is 655 g/mol. The number of hydrogen-bond donors (Lipinski definition) is 1. The first kappa shape index (κ1) is 28.6. The Balaban J connectivity index is 1.47. The van der Waals surface area contributed by atoms with Gasteiger partial charge in [0.05, 0.1) is 44.4 Å². The molecule has 0 unspecified atom stereocenters. The lowest BCUT2D eigenvalue weighted by atomic mass is 9.88. The van der Waals surface area contributed by atoms with Crippen molar-refractivity contribution in [1.82, 2.24) is 25.0 Å². The van der Waals surface area contributed by atoms with Crippen LogP contribution in [0.4, 0.5) is 18.9 Å². The molecule has 1 N–H and O–H groups in total. The topological polar surface area (TPSA) is 92.3 Å². The van der Waals surface area contributed by atoms with E-state index < -0.39 is 17.6 Å². The normalized spacial score (nSPS) is 15.6. The predicted molar refractivity (Wildman–Crippen MR) is 161 cm³/mol. The Hall–Kier alpha value is -3.56. The van der Waals surface area contributed by atoms with Crippen LogP contribution in [-0.4, -0.2) is 37.7 Å². The number of alkyl halides is 3. The third-order valence-electron chi connectivity index (χ3n) is 7.66. The number of nitriles is 1. The van der Waals surface area contributed by atoms with E-state index in [-0.39, 0.29) is 18.3 Å². The van der Waals surface area contributed by atoms with Crippen LogP contribution in [0.2, 0.25) is 0 Å². The van der Waals surface area contributed by atoms with Gasteiger partial charge in [0.1, 0.15) is 6.07 Å². The highest BCUT2D eigenvalue weighted by Gasteiger charge is 2.66. The SMILES string of the molecule is CC(C)(C)CNc1c(C#N)cnc2c(Br)cc(C[C@H](c3cn(C4(C(F)(F)F)CC4)nn3)c3cccc4ncsc34)cc12. The van der Waals surface area contributed by atoms with Crippen LogP contribution in [-0.2, 0) is 12.0 Å². The van der Waals surface area contributed by atoms with Gasteiger partial charge >= 0.3 is 6.18 Å².